The number of hydrogen-bond donors (Lipinski definition) is 1. The Balaban J connectivity index is 2.17. The van der Waals surface area contributed by atoms with E-state index in [1.54, 1.807) is 38.7 Å². The molecule has 110 valence electrons. The number of pyridine rings is 1. The third-order valence-corrected chi connectivity index (χ3v) is 3.23. The molecular formula is C16H18N2O3. The van der Waals surface area contributed by atoms with Gasteiger partial charge in [0.2, 0.25) is 0 Å². The highest BCUT2D eigenvalue weighted by molar-refractivity contribution is 5.97. The highest BCUT2D eigenvalue weighted by Gasteiger charge is 2.16. The first-order valence-electron chi connectivity index (χ1n) is 6.56. The van der Waals surface area contributed by atoms with Gasteiger partial charge in [0, 0.05) is 24.5 Å². The molecule has 0 atom stereocenters. The van der Waals surface area contributed by atoms with Crippen molar-refractivity contribution < 1.29 is 14.3 Å². The van der Waals surface area contributed by atoms with Gasteiger partial charge in [0.1, 0.15) is 11.5 Å². The van der Waals surface area contributed by atoms with Gasteiger partial charge >= 0.3 is 0 Å². The number of amides is 1. The molecule has 0 aliphatic heterocycles. The fraction of sp³-hybridized carbons (Fsp3) is 0.250. The molecular weight excluding hydrogens is 268 g/mol. The fourth-order valence-corrected chi connectivity index (χ4v) is 2.11. The first-order valence-corrected chi connectivity index (χ1v) is 6.56. The Morgan fingerprint density at radius 3 is 2.48 bits per heavy atom. The van der Waals surface area contributed by atoms with Crippen molar-refractivity contribution in [3.8, 4) is 11.5 Å². The van der Waals surface area contributed by atoms with Crippen molar-refractivity contribution in [3.05, 3.63) is 53.3 Å². The maximum absolute atomic E-state index is 12.3. The molecule has 0 saturated heterocycles. The summed E-state index contributed by atoms with van der Waals surface area (Å²) in [5.41, 5.74) is 2.28. The van der Waals surface area contributed by atoms with Crippen LogP contribution in [0.3, 0.4) is 0 Å². The minimum atomic E-state index is -0.186. The van der Waals surface area contributed by atoms with Crippen molar-refractivity contribution in [1.29, 1.82) is 0 Å². The Hall–Kier alpha value is -2.56. The summed E-state index contributed by atoms with van der Waals surface area (Å²) >= 11 is 0. The molecule has 0 fully saturated rings. The number of hydrogen-bond acceptors (Lipinski definition) is 4. The topological polar surface area (TPSA) is 60.5 Å². The Kier molecular flexibility index (Phi) is 4.77. The zero-order chi connectivity index (χ0) is 15.2. The first kappa shape index (κ1) is 14.8. The van der Waals surface area contributed by atoms with E-state index in [1.165, 1.54) is 0 Å². The Morgan fingerprint density at radius 2 is 1.86 bits per heavy atom. The van der Waals surface area contributed by atoms with Crippen LogP contribution in [0.5, 0.6) is 11.5 Å². The predicted molar refractivity (Wildman–Crippen MR) is 79.7 cm³/mol. The Labute approximate surface area is 123 Å². The summed E-state index contributed by atoms with van der Waals surface area (Å²) in [5.74, 6) is 1.04. The highest BCUT2D eigenvalue weighted by atomic mass is 16.5. The molecule has 0 aliphatic rings. The van der Waals surface area contributed by atoms with Crippen LogP contribution in [0.15, 0.2) is 36.7 Å². The van der Waals surface area contributed by atoms with Crippen LogP contribution >= 0.6 is 0 Å². The zero-order valence-electron chi connectivity index (χ0n) is 12.3. The van der Waals surface area contributed by atoms with Crippen LogP contribution in [-0.4, -0.2) is 25.1 Å². The van der Waals surface area contributed by atoms with Gasteiger partial charge in [-0.1, -0.05) is 0 Å². The van der Waals surface area contributed by atoms with Crippen LogP contribution < -0.4 is 14.8 Å². The summed E-state index contributed by atoms with van der Waals surface area (Å²) in [7, 11) is 3.13. The van der Waals surface area contributed by atoms with Crippen LogP contribution in [0.4, 0.5) is 0 Å². The molecule has 2 aromatic rings. The SMILES string of the molecule is COc1ccc(C(=O)NCc2ccncc2)c(OC)c1C. The molecule has 0 unspecified atom stereocenters. The highest BCUT2D eigenvalue weighted by Crippen LogP contribution is 2.31. The smallest absolute Gasteiger partial charge is 0.255 e. The van der Waals surface area contributed by atoms with Gasteiger partial charge in [-0.3, -0.25) is 9.78 Å². The lowest BCUT2D eigenvalue weighted by Gasteiger charge is -2.14. The van der Waals surface area contributed by atoms with Gasteiger partial charge in [-0.15, -0.1) is 0 Å². The zero-order valence-corrected chi connectivity index (χ0v) is 12.3. The average molecular weight is 286 g/mol. The maximum Gasteiger partial charge on any atom is 0.255 e. The van der Waals surface area contributed by atoms with Crippen LogP contribution in [0.25, 0.3) is 0 Å². The molecule has 1 N–H and O–H groups in total. The van der Waals surface area contributed by atoms with Crippen molar-refractivity contribution in [2.24, 2.45) is 0 Å². The fourth-order valence-electron chi connectivity index (χ4n) is 2.11. The Morgan fingerprint density at radius 1 is 1.14 bits per heavy atom. The van der Waals surface area contributed by atoms with Crippen molar-refractivity contribution in [3.63, 3.8) is 0 Å². The summed E-state index contributed by atoms with van der Waals surface area (Å²) in [6, 6.07) is 7.18. The monoisotopic (exact) mass is 286 g/mol. The van der Waals surface area contributed by atoms with Crippen molar-refractivity contribution in [2.75, 3.05) is 14.2 Å². The molecule has 0 spiro atoms. The number of nitrogens with zero attached hydrogens (tertiary/aromatic N) is 1. The molecule has 5 nitrogen and oxygen atoms in total. The largest absolute Gasteiger partial charge is 0.496 e. The van der Waals surface area contributed by atoms with E-state index in [4.69, 9.17) is 9.47 Å². The molecule has 2 rings (SSSR count). The summed E-state index contributed by atoms with van der Waals surface area (Å²) < 4.78 is 10.6. The van der Waals surface area contributed by atoms with Crippen LogP contribution in [0, 0.1) is 6.92 Å². The molecule has 0 aliphatic carbocycles. The first-order chi connectivity index (χ1) is 10.2. The van der Waals surface area contributed by atoms with Gasteiger partial charge in [0.25, 0.3) is 5.91 Å². The van der Waals surface area contributed by atoms with Gasteiger partial charge in [-0.2, -0.15) is 0 Å². The number of carbonyl (C=O) groups is 1. The van der Waals surface area contributed by atoms with Crippen molar-refractivity contribution in [2.45, 2.75) is 13.5 Å². The molecule has 1 aromatic carbocycles. The molecule has 5 heteroatoms. The lowest BCUT2D eigenvalue weighted by atomic mass is 10.1. The van der Waals surface area contributed by atoms with E-state index in [1.807, 2.05) is 19.1 Å². The number of carbonyl (C=O) groups excluding carboxylic acids is 1. The van der Waals surface area contributed by atoms with E-state index < -0.39 is 0 Å². The van der Waals surface area contributed by atoms with Crippen LogP contribution in [0.2, 0.25) is 0 Å². The normalized spacial score (nSPS) is 10.0. The van der Waals surface area contributed by atoms with Gasteiger partial charge < -0.3 is 14.8 Å². The van der Waals surface area contributed by atoms with Gasteiger partial charge in [0.15, 0.2) is 0 Å². The summed E-state index contributed by atoms with van der Waals surface area (Å²) in [6.07, 6.45) is 3.39. The van der Waals surface area contributed by atoms with Gasteiger partial charge in [-0.05, 0) is 36.8 Å². The quantitative estimate of drug-likeness (QED) is 0.916. The minimum Gasteiger partial charge on any atom is -0.496 e. The van der Waals surface area contributed by atoms with Crippen molar-refractivity contribution in [1.82, 2.24) is 10.3 Å². The second kappa shape index (κ2) is 6.74. The van der Waals surface area contributed by atoms with Gasteiger partial charge in [-0.25, -0.2) is 0 Å². The number of nitrogens with one attached hydrogen (secondary N) is 1. The third kappa shape index (κ3) is 3.31. The second-order valence-corrected chi connectivity index (χ2v) is 4.51. The standard InChI is InChI=1S/C16H18N2O3/c1-11-14(20-2)5-4-13(15(11)21-3)16(19)18-10-12-6-8-17-9-7-12/h4-9H,10H2,1-3H3,(H,18,19). The molecule has 1 aromatic heterocycles. The van der Waals surface area contributed by atoms with E-state index in [9.17, 15) is 4.79 Å². The summed E-state index contributed by atoms with van der Waals surface area (Å²) in [6.45, 7) is 2.30. The molecule has 0 saturated carbocycles. The van der Waals surface area contributed by atoms with Crippen LogP contribution in [-0.2, 0) is 6.54 Å². The van der Waals surface area contributed by atoms with Gasteiger partial charge in [0.05, 0.1) is 19.8 Å². The predicted octanol–water partition coefficient (Wildman–Crippen LogP) is 2.34. The number of aromatic nitrogens is 1. The minimum absolute atomic E-state index is 0.186. The molecule has 21 heavy (non-hydrogen) atoms. The average Bonchev–Trinajstić information content (AvgIpc) is 2.53. The molecule has 0 bridgehead atoms. The van der Waals surface area contributed by atoms with E-state index in [0.29, 0.717) is 23.6 Å². The van der Waals surface area contributed by atoms with Crippen molar-refractivity contribution >= 4 is 5.91 Å². The maximum atomic E-state index is 12.3. The van der Waals surface area contributed by atoms with Crippen LogP contribution in [0.1, 0.15) is 21.5 Å². The third-order valence-electron chi connectivity index (χ3n) is 3.23. The molecule has 1 amide bonds. The summed E-state index contributed by atoms with van der Waals surface area (Å²) in [5, 5.41) is 2.87. The number of ether oxygens (including phenoxy) is 2. The summed E-state index contributed by atoms with van der Waals surface area (Å²) in [4.78, 5) is 16.2. The van der Waals surface area contributed by atoms with E-state index in [-0.39, 0.29) is 5.91 Å². The lowest BCUT2D eigenvalue weighted by molar-refractivity contribution is 0.0947. The molecule has 1 heterocycles. The number of benzene rings is 1. The van der Waals surface area contributed by atoms with E-state index in [2.05, 4.69) is 10.3 Å². The lowest BCUT2D eigenvalue weighted by Crippen LogP contribution is -2.23. The Bertz CT molecular complexity index is 627. The number of rotatable bonds is 5. The van der Waals surface area contributed by atoms with E-state index >= 15 is 0 Å². The van der Waals surface area contributed by atoms with E-state index in [0.717, 1.165) is 11.1 Å². The molecule has 0 radical (unpaired) electrons. The second-order valence-electron chi connectivity index (χ2n) is 4.51. The number of methoxy groups -OCH3 is 2.